The lowest BCUT2D eigenvalue weighted by molar-refractivity contribution is -0.123. The van der Waals surface area contributed by atoms with Crippen LogP contribution in [0.1, 0.15) is 27.6 Å². The maximum absolute atomic E-state index is 12.4. The Bertz CT molecular complexity index is 810. The Labute approximate surface area is 156 Å². The van der Waals surface area contributed by atoms with Crippen LogP contribution >= 0.6 is 11.3 Å². The molecule has 136 valence electrons. The Kier molecular flexibility index (Phi) is 5.86. The Morgan fingerprint density at radius 1 is 1.42 bits per heavy atom. The van der Waals surface area contributed by atoms with Gasteiger partial charge in [-0.05, 0) is 38.1 Å². The lowest BCUT2D eigenvalue weighted by atomic mass is 10.1. The quantitative estimate of drug-likeness (QED) is 0.873. The minimum atomic E-state index is -0.216. The second kappa shape index (κ2) is 8.30. The number of nitriles is 1. The highest BCUT2D eigenvalue weighted by Gasteiger charge is 2.29. The Morgan fingerprint density at radius 3 is 2.85 bits per heavy atom. The van der Waals surface area contributed by atoms with Crippen LogP contribution in [-0.4, -0.2) is 36.3 Å². The van der Waals surface area contributed by atoms with Crippen LogP contribution < -0.4 is 10.1 Å². The zero-order chi connectivity index (χ0) is 18.5. The molecule has 2 atom stereocenters. The minimum Gasteiger partial charge on any atom is -0.488 e. The van der Waals surface area contributed by atoms with Crippen LogP contribution in [0.25, 0.3) is 0 Å². The molecule has 1 aliphatic rings. The zero-order valence-electron chi connectivity index (χ0n) is 14.8. The topological polar surface area (TPSA) is 84.2 Å². The van der Waals surface area contributed by atoms with Crippen LogP contribution in [0.15, 0.2) is 24.3 Å². The normalized spacial score (nSPS) is 19.6. The van der Waals surface area contributed by atoms with Crippen LogP contribution in [0.3, 0.4) is 0 Å². The van der Waals surface area contributed by atoms with Crippen molar-refractivity contribution in [2.45, 2.75) is 38.8 Å². The van der Waals surface area contributed by atoms with Crippen molar-refractivity contribution >= 4 is 17.2 Å². The summed E-state index contributed by atoms with van der Waals surface area (Å²) in [7, 11) is 0. The summed E-state index contributed by atoms with van der Waals surface area (Å²) in [5.74, 6) is 0.600. The molecule has 1 saturated heterocycles. The number of amides is 1. The molecule has 26 heavy (non-hydrogen) atoms. The van der Waals surface area contributed by atoms with Crippen molar-refractivity contribution < 1.29 is 14.3 Å². The lowest BCUT2D eigenvalue weighted by Crippen LogP contribution is -2.52. The zero-order valence-corrected chi connectivity index (χ0v) is 15.6. The fraction of sp³-hybridized carbons (Fsp3) is 0.421. The van der Waals surface area contributed by atoms with Gasteiger partial charge in [-0.15, -0.1) is 11.3 Å². The van der Waals surface area contributed by atoms with E-state index in [2.05, 4.69) is 16.4 Å². The number of aryl methyl sites for hydroxylation is 2. The molecule has 0 unspecified atom stereocenters. The van der Waals surface area contributed by atoms with Gasteiger partial charge in [0.2, 0.25) is 5.91 Å². The van der Waals surface area contributed by atoms with E-state index in [1.165, 1.54) is 0 Å². The van der Waals surface area contributed by atoms with Crippen LogP contribution in [-0.2, 0) is 16.0 Å². The number of nitrogens with one attached hydrogen (secondary N) is 1. The molecule has 1 aromatic carbocycles. The Hall–Kier alpha value is -2.43. The van der Waals surface area contributed by atoms with Gasteiger partial charge in [-0.2, -0.15) is 5.26 Å². The van der Waals surface area contributed by atoms with Gasteiger partial charge in [-0.3, -0.25) is 4.79 Å². The molecule has 1 aromatic heterocycles. The Balaban J connectivity index is 1.61. The summed E-state index contributed by atoms with van der Waals surface area (Å²) in [6.45, 7) is 4.93. The third-order valence-corrected chi connectivity index (χ3v) is 5.17. The average Bonchev–Trinajstić information content (AvgIpc) is 2.94. The first kappa shape index (κ1) is 18.4. The fourth-order valence-corrected chi connectivity index (χ4v) is 3.76. The molecule has 2 heterocycles. The smallest absolute Gasteiger partial charge is 0.226 e. The summed E-state index contributed by atoms with van der Waals surface area (Å²) in [6.07, 6.45) is 0.787. The van der Waals surface area contributed by atoms with Gasteiger partial charge < -0.3 is 14.8 Å². The molecule has 3 rings (SSSR count). The highest BCUT2D eigenvalue weighted by molar-refractivity contribution is 7.11. The average molecular weight is 371 g/mol. The van der Waals surface area contributed by atoms with Gasteiger partial charge >= 0.3 is 0 Å². The molecule has 6 nitrogen and oxygen atoms in total. The van der Waals surface area contributed by atoms with Gasteiger partial charge in [-0.1, -0.05) is 0 Å². The van der Waals surface area contributed by atoms with Crippen LogP contribution in [0.2, 0.25) is 0 Å². The lowest BCUT2D eigenvalue weighted by Gasteiger charge is -2.32. The molecule has 7 heteroatoms. The van der Waals surface area contributed by atoms with Crippen molar-refractivity contribution in [1.29, 1.82) is 5.26 Å². The predicted molar refractivity (Wildman–Crippen MR) is 98.2 cm³/mol. The summed E-state index contributed by atoms with van der Waals surface area (Å²) in [4.78, 5) is 17.9. The van der Waals surface area contributed by atoms with E-state index in [0.717, 1.165) is 15.6 Å². The number of carbonyl (C=O) groups is 1. The fourth-order valence-electron chi connectivity index (χ4n) is 2.92. The molecule has 0 bridgehead atoms. The number of thiazole rings is 1. The van der Waals surface area contributed by atoms with E-state index in [-0.39, 0.29) is 24.5 Å². The molecule has 0 aliphatic carbocycles. The summed E-state index contributed by atoms with van der Waals surface area (Å²) in [5, 5.41) is 12.9. The first-order valence-corrected chi connectivity index (χ1v) is 9.33. The number of ether oxygens (including phenoxy) is 2. The number of hydrogen-bond donors (Lipinski definition) is 1. The van der Waals surface area contributed by atoms with E-state index in [1.54, 1.807) is 35.6 Å². The number of carbonyl (C=O) groups excluding carboxylic acids is 1. The second-order valence-electron chi connectivity index (χ2n) is 6.24. The summed E-state index contributed by atoms with van der Waals surface area (Å²) < 4.78 is 11.5. The SMILES string of the molecule is Cc1nc(CC(=O)N[C@@H]2COCC[C@H]2Oc2ccc(C#N)cc2)c(C)s1. The molecular formula is C19H21N3O3S. The molecule has 1 aliphatic heterocycles. The molecule has 1 N–H and O–H groups in total. The Morgan fingerprint density at radius 2 is 2.19 bits per heavy atom. The first-order valence-electron chi connectivity index (χ1n) is 8.52. The number of nitrogens with zero attached hydrogens (tertiary/aromatic N) is 2. The van der Waals surface area contributed by atoms with Gasteiger partial charge in [0, 0.05) is 11.3 Å². The second-order valence-corrected chi connectivity index (χ2v) is 7.65. The van der Waals surface area contributed by atoms with Gasteiger partial charge in [0.1, 0.15) is 11.9 Å². The third-order valence-electron chi connectivity index (χ3n) is 4.24. The van der Waals surface area contributed by atoms with Crippen molar-refractivity contribution in [2.75, 3.05) is 13.2 Å². The number of rotatable bonds is 5. The maximum Gasteiger partial charge on any atom is 0.226 e. The summed E-state index contributed by atoms with van der Waals surface area (Å²) >= 11 is 1.60. The molecular weight excluding hydrogens is 350 g/mol. The van der Waals surface area contributed by atoms with E-state index in [0.29, 0.717) is 30.9 Å². The van der Waals surface area contributed by atoms with Crippen LogP contribution in [0.4, 0.5) is 0 Å². The standard InChI is InChI=1S/C19H21N3O3S/c1-12-16(21-13(2)26-12)9-19(23)22-17-11-24-8-7-18(17)25-15-5-3-14(10-20)4-6-15/h3-6,17-18H,7-9,11H2,1-2H3,(H,22,23)/t17-,18-/m1/s1. The van der Waals surface area contributed by atoms with Crippen LogP contribution in [0, 0.1) is 25.2 Å². The van der Waals surface area contributed by atoms with Crippen molar-refractivity contribution in [3.05, 3.63) is 45.4 Å². The molecule has 0 radical (unpaired) electrons. The first-order chi connectivity index (χ1) is 12.5. The van der Waals surface area contributed by atoms with Crippen molar-refractivity contribution in [3.63, 3.8) is 0 Å². The van der Waals surface area contributed by atoms with Gasteiger partial charge in [-0.25, -0.2) is 4.98 Å². The molecule has 1 amide bonds. The number of aromatic nitrogens is 1. The van der Waals surface area contributed by atoms with E-state index < -0.39 is 0 Å². The van der Waals surface area contributed by atoms with E-state index in [1.807, 2.05) is 13.8 Å². The third kappa shape index (κ3) is 4.59. The van der Waals surface area contributed by atoms with Crippen molar-refractivity contribution in [1.82, 2.24) is 10.3 Å². The summed E-state index contributed by atoms with van der Waals surface area (Å²) in [6, 6.07) is 8.85. The minimum absolute atomic E-state index is 0.0812. The number of hydrogen-bond acceptors (Lipinski definition) is 6. The highest BCUT2D eigenvalue weighted by atomic mass is 32.1. The maximum atomic E-state index is 12.4. The van der Waals surface area contributed by atoms with Gasteiger partial charge in [0.25, 0.3) is 0 Å². The van der Waals surface area contributed by atoms with Crippen molar-refractivity contribution in [2.24, 2.45) is 0 Å². The highest BCUT2D eigenvalue weighted by Crippen LogP contribution is 2.20. The number of benzene rings is 1. The monoisotopic (exact) mass is 371 g/mol. The largest absolute Gasteiger partial charge is 0.488 e. The van der Waals surface area contributed by atoms with Gasteiger partial charge in [0.05, 0.1) is 48.0 Å². The van der Waals surface area contributed by atoms with Gasteiger partial charge in [0.15, 0.2) is 0 Å². The molecule has 0 spiro atoms. The van der Waals surface area contributed by atoms with E-state index >= 15 is 0 Å². The molecule has 2 aromatic rings. The predicted octanol–water partition coefficient (Wildman–Crippen LogP) is 2.53. The van der Waals surface area contributed by atoms with Crippen LogP contribution in [0.5, 0.6) is 5.75 Å². The van der Waals surface area contributed by atoms with E-state index in [9.17, 15) is 4.79 Å². The van der Waals surface area contributed by atoms with E-state index in [4.69, 9.17) is 14.7 Å². The summed E-state index contributed by atoms with van der Waals surface area (Å²) in [5.41, 5.74) is 1.41. The molecule has 0 saturated carbocycles. The molecule has 1 fully saturated rings. The van der Waals surface area contributed by atoms with Crippen molar-refractivity contribution in [3.8, 4) is 11.8 Å².